The van der Waals surface area contributed by atoms with Gasteiger partial charge in [0.2, 0.25) is 0 Å². The maximum absolute atomic E-state index is 12.8. The number of aromatic nitrogens is 1. The molecule has 1 N–H and O–H groups in total. The Hall–Kier alpha value is -1.15. The van der Waals surface area contributed by atoms with E-state index >= 15 is 0 Å². The smallest absolute Gasteiger partial charge is 0.369 e. The fourth-order valence-corrected chi connectivity index (χ4v) is 5.52. The van der Waals surface area contributed by atoms with Gasteiger partial charge in [0, 0.05) is 29.6 Å². The number of piperidine rings is 1. The van der Waals surface area contributed by atoms with Crippen molar-refractivity contribution in [3.8, 4) is 0 Å². The molecule has 1 fully saturated rings. The number of pyridine rings is 1. The van der Waals surface area contributed by atoms with Crippen LogP contribution in [0.3, 0.4) is 0 Å². The standard InChI is InChI=1S/C18H18ClF3N2OS/c1-10-7-17(16-11(4-5-25-17)6-15(19)26-16)8-13(24-10)12-2-3-14(23-9-12)18(20,21)22/h2-3,6,9-10,13,24H,4-5,7-8H2,1H3. The summed E-state index contributed by atoms with van der Waals surface area (Å²) in [5, 5.41) is 3.47. The quantitative estimate of drug-likeness (QED) is 0.720. The van der Waals surface area contributed by atoms with Crippen LogP contribution in [-0.4, -0.2) is 17.6 Å². The van der Waals surface area contributed by atoms with Crippen molar-refractivity contribution in [3.63, 3.8) is 0 Å². The van der Waals surface area contributed by atoms with E-state index < -0.39 is 17.5 Å². The number of ether oxygens (including phenoxy) is 1. The highest BCUT2D eigenvalue weighted by atomic mass is 35.5. The van der Waals surface area contributed by atoms with Gasteiger partial charge in [0.25, 0.3) is 0 Å². The molecule has 1 spiro atoms. The second-order valence-corrected chi connectivity index (χ2v) is 8.68. The topological polar surface area (TPSA) is 34.2 Å². The van der Waals surface area contributed by atoms with Crippen molar-refractivity contribution in [2.75, 3.05) is 6.61 Å². The van der Waals surface area contributed by atoms with E-state index in [1.54, 1.807) is 11.3 Å². The fraction of sp³-hybridized carbons (Fsp3) is 0.500. The molecule has 0 radical (unpaired) electrons. The molecular weight excluding hydrogens is 385 g/mol. The molecule has 0 aliphatic carbocycles. The van der Waals surface area contributed by atoms with E-state index in [1.165, 1.54) is 17.8 Å². The number of halogens is 4. The van der Waals surface area contributed by atoms with Crippen LogP contribution in [-0.2, 0) is 22.9 Å². The molecule has 2 aromatic heterocycles. The van der Waals surface area contributed by atoms with Crippen LogP contribution in [0.2, 0.25) is 4.34 Å². The summed E-state index contributed by atoms with van der Waals surface area (Å²) >= 11 is 7.78. The van der Waals surface area contributed by atoms with Crippen molar-refractivity contribution >= 4 is 22.9 Å². The number of hydrogen-bond acceptors (Lipinski definition) is 4. The molecule has 0 saturated carbocycles. The molecule has 3 nitrogen and oxygen atoms in total. The van der Waals surface area contributed by atoms with Crippen molar-refractivity contribution in [3.05, 3.63) is 50.4 Å². The largest absolute Gasteiger partial charge is 0.433 e. The van der Waals surface area contributed by atoms with E-state index in [9.17, 15) is 13.2 Å². The molecule has 2 aliphatic heterocycles. The van der Waals surface area contributed by atoms with Gasteiger partial charge in [-0.25, -0.2) is 0 Å². The van der Waals surface area contributed by atoms with Gasteiger partial charge in [-0.3, -0.25) is 4.98 Å². The van der Waals surface area contributed by atoms with Crippen LogP contribution in [0.1, 0.15) is 47.5 Å². The Bertz CT molecular complexity index is 808. The number of alkyl halides is 3. The lowest BCUT2D eigenvalue weighted by Gasteiger charge is -2.46. The first-order chi connectivity index (χ1) is 12.3. The Morgan fingerprint density at radius 2 is 2.15 bits per heavy atom. The fourth-order valence-electron chi connectivity index (χ4n) is 4.05. The first kappa shape index (κ1) is 18.2. The molecule has 4 heterocycles. The Morgan fingerprint density at radius 1 is 1.35 bits per heavy atom. The first-order valence-corrected chi connectivity index (χ1v) is 9.68. The SMILES string of the molecule is CC1CC2(CC(c3ccc(C(F)(F)F)nc3)N1)OCCc1cc(Cl)sc12. The normalized spacial score (nSPS) is 29.0. The second kappa shape index (κ2) is 6.48. The van der Waals surface area contributed by atoms with Crippen molar-refractivity contribution < 1.29 is 17.9 Å². The van der Waals surface area contributed by atoms with Crippen LogP contribution < -0.4 is 5.32 Å². The number of hydrogen-bond donors (Lipinski definition) is 1. The predicted octanol–water partition coefficient (Wildman–Crippen LogP) is 5.10. The zero-order chi connectivity index (χ0) is 18.5. The van der Waals surface area contributed by atoms with E-state index in [4.69, 9.17) is 16.3 Å². The molecular formula is C18H18ClF3N2OS. The zero-order valence-corrected chi connectivity index (χ0v) is 15.6. The van der Waals surface area contributed by atoms with Gasteiger partial charge in [-0.2, -0.15) is 13.2 Å². The highest BCUT2D eigenvalue weighted by Gasteiger charge is 2.46. The minimum absolute atomic E-state index is 0.125. The number of nitrogens with zero attached hydrogens (tertiary/aromatic N) is 1. The molecule has 1 saturated heterocycles. The van der Waals surface area contributed by atoms with Crippen LogP contribution >= 0.6 is 22.9 Å². The predicted molar refractivity (Wildman–Crippen MR) is 94.5 cm³/mol. The highest BCUT2D eigenvalue weighted by Crippen LogP contribution is 2.50. The minimum Gasteiger partial charge on any atom is -0.369 e. The maximum Gasteiger partial charge on any atom is 0.433 e. The third-order valence-electron chi connectivity index (χ3n) is 5.08. The molecule has 26 heavy (non-hydrogen) atoms. The first-order valence-electron chi connectivity index (χ1n) is 8.49. The third kappa shape index (κ3) is 3.26. The third-order valence-corrected chi connectivity index (χ3v) is 6.57. The van der Waals surface area contributed by atoms with Gasteiger partial charge in [0.15, 0.2) is 0 Å². The summed E-state index contributed by atoms with van der Waals surface area (Å²) < 4.78 is 45.3. The molecule has 2 aromatic rings. The Morgan fingerprint density at radius 3 is 2.85 bits per heavy atom. The summed E-state index contributed by atoms with van der Waals surface area (Å²) in [6, 6.07) is 4.58. The van der Waals surface area contributed by atoms with Gasteiger partial charge >= 0.3 is 6.18 Å². The van der Waals surface area contributed by atoms with Gasteiger partial charge in [0.1, 0.15) is 11.3 Å². The van der Waals surface area contributed by atoms with Gasteiger partial charge < -0.3 is 10.1 Å². The number of thiophene rings is 1. The molecule has 2 aliphatic rings. The lowest BCUT2D eigenvalue weighted by atomic mass is 9.78. The van der Waals surface area contributed by atoms with E-state index in [-0.39, 0.29) is 12.1 Å². The van der Waals surface area contributed by atoms with Gasteiger partial charge in [-0.05, 0) is 43.0 Å². The highest BCUT2D eigenvalue weighted by molar-refractivity contribution is 7.16. The van der Waals surface area contributed by atoms with Gasteiger partial charge in [-0.15, -0.1) is 11.3 Å². The maximum atomic E-state index is 12.8. The van der Waals surface area contributed by atoms with Crippen LogP contribution in [0.4, 0.5) is 13.2 Å². The molecule has 0 aromatic carbocycles. The number of rotatable bonds is 1. The van der Waals surface area contributed by atoms with Crippen LogP contribution in [0.15, 0.2) is 24.4 Å². The van der Waals surface area contributed by atoms with Crippen molar-refractivity contribution in [2.24, 2.45) is 0 Å². The Balaban J connectivity index is 1.66. The van der Waals surface area contributed by atoms with Crippen molar-refractivity contribution in [1.29, 1.82) is 0 Å². The summed E-state index contributed by atoms with van der Waals surface area (Å²) in [5.41, 5.74) is 0.650. The van der Waals surface area contributed by atoms with Gasteiger partial charge in [0.05, 0.1) is 10.9 Å². The average molecular weight is 403 g/mol. The zero-order valence-electron chi connectivity index (χ0n) is 14.1. The van der Waals surface area contributed by atoms with Crippen molar-refractivity contribution in [1.82, 2.24) is 10.3 Å². The second-order valence-electron chi connectivity index (χ2n) is 7.00. The van der Waals surface area contributed by atoms with Crippen LogP contribution in [0, 0.1) is 0 Å². The Kier molecular flexibility index (Phi) is 4.54. The summed E-state index contributed by atoms with van der Waals surface area (Å²) in [6.07, 6.45) is -0.816. The lowest BCUT2D eigenvalue weighted by molar-refractivity contribution is -0.141. The van der Waals surface area contributed by atoms with Crippen molar-refractivity contribution in [2.45, 2.75) is 50.0 Å². The molecule has 3 unspecified atom stereocenters. The summed E-state index contributed by atoms with van der Waals surface area (Å²) in [4.78, 5) is 4.77. The monoisotopic (exact) mass is 402 g/mol. The molecule has 4 rings (SSSR count). The van der Waals surface area contributed by atoms with Crippen LogP contribution in [0.5, 0.6) is 0 Å². The van der Waals surface area contributed by atoms with E-state index in [0.29, 0.717) is 13.0 Å². The molecule has 3 atom stereocenters. The van der Waals surface area contributed by atoms with E-state index in [2.05, 4.69) is 17.2 Å². The molecule has 8 heteroatoms. The molecule has 0 bridgehead atoms. The summed E-state index contributed by atoms with van der Waals surface area (Å²) in [7, 11) is 0. The summed E-state index contributed by atoms with van der Waals surface area (Å²) in [5.74, 6) is 0. The molecule has 0 amide bonds. The van der Waals surface area contributed by atoms with Gasteiger partial charge in [-0.1, -0.05) is 17.7 Å². The number of nitrogens with one attached hydrogen (secondary N) is 1. The summed E-state index contributed by atoms with van der Waals surface area (Å²) in [6.45, 7) is 2.70. The lowest BCUT2D eigenvalue weighted by Crippen LogP contribution is -2.49. The number of fused-ring (bicyclic) bond motifs is 2. The van der Waals surface area contributed by atoms with Crippen LogP contribution in [0.25, 0.3) is 0 Å². The Labute approximate surface area is 158 Å². The van der Waals surface area contributed by atoms with E-state index in [0.717, 1.165) is 33.7 Å². The minimum atomic E-state index is -4.43. The average Bonchev–Trinajstić information content (AvgIpc) is 2.96. The van der Waals surface area contributed by atoms with E-state index in [1.807, 2.05) is 6.07 Å². The molecule has 140 valence electrons.